The van der Waals surface area contributed by atoms with Crippen LogP contribution in [-0.2, 0) is 11.3 Å². The number of methoxy groups -OCH3 is 2. The Kier molecular flexibility index (Phi) is 6.66. The minimum Gasteiger partial charge on any atom is -0.493 e. The standard InChI is InChI=1S/C13H19BrN2O3/c1-18-11-6-9(10(14)7-12(11)19-2)8-16-5-3-4-13(15)17/h6-7,16H,3-5,8H2,1-2H3,(H2,15,17). The molecular weight excluding hydrogens is 312 g/mol. The van der Waals surface area contributed by atoms with Crippen molar-refractivity contribution in [1.29, 1.82) is 0 Å². The molecule has 0 heterocycles. The normalized spacial score (nSPS) is 10.3. The Hall–Kier alpha value is -1.27. The molecule has 3 N–H and O–H groups in total. The summed E-state index contributed by atoms with van der Waals surface area (Å²) >= 11 is 3.49. The Morgan fingerprint density at radius 3 is 2.53 bits per heavy atom. The lowest BCUT2D eigenvalue weighted by atomic mass is 10.2. The van der Waals surface area contributed by atoms with Crippen molar-refractivity contribution < 1.29 is 14.3 Å². The third-order valence-electron chi connectivity index (χ3n) is 2.64. The van der Waals surface area contributed by atoms with Gasteiger partial charge in [-0.3, -0.25) is 4.79 Å². The van der Waals surface area contributed by atoms with Gasteiger partial charge in [-0.05, 0) is 30.7 Å². The van der Waals surface area contributed by atoms with E-state index in [9.17, 15) is 4.79 Å². The van der Waals surface area contributed by atoms with E-state index >= 15 is 0 Å². The van der Waals surface area contributed by atoms with Crippen LogP contribution in [0.1, 0.15) is 18.4 Å². The summed E-state index contributed by atoms with van der Waals surface area (Å²) in [7, 11) is 3.21. The third-order valence-corrected chi connectivity index (χ3v) is 3.38. The molecule has 0 saturated heterocycles. The van der Waals surface area contributed by atoms with Crippen molar-refractivity contribution in [2.75, 3.05) is 20.8 Å². The van der Waals surface area contributed by atoms with Gasteiger partial charge in [0.15, 0.2) is 11.5 Å². The maximum absolute atomic E-state index is 10.6. The zero-order chi connectivity index (χ0) is 14.3. The molecule has 106 valence electrons. The van der Waals surface area contributed by atoms with Gasteiger partial charge in [0.05, 0.1) is 14.2 Å². The molecule has 0 unspecified atom stereocenters. The SMILES string of the molecule is COc1cc(Br)c(CNCCCC(N)=O)cc1OC. The number of rotatable bonds is 8. The first-order chi connectivity index (χ1) is 9.08. The lowest BCUT2D eigenvalue weighted by Gasteiger charge is -2.12. The van der Waals surface area contributed by atoms with Crippen LogP contribution in [0.4, 0.5) is 0 Å². The molecule has 0 bridgehead atoms. The smallest absolute Gasteiger partial charge is 0.217 e. The van der Waals surface area contributed by atoms with Crippen LogP contribution in [0.3, 0.4) is 0 Å². The summed E-state index contributed by atoms with van der Waals surface area (Å²) in [6.45, 7) is 1.42. The van der Waals surface area contributed by atoms with Crippen LogP contribution >= 0.6 is 15.9 Å². The zero-order valence-corrected chi connectivity index (χ0v) is 12.7. The van der Waals surface area contributed by atoms with Gasteiger partial charge in [0.1, 0.15) is 0 Å². The van der Waals surface area contributed by atoms with E-state index in [2.05, 4.69) is 21.2 Å². The third kappa shape index (κ3) is 5.08. The molecule has 19 heavy (non-hydrogen) atoms. The van der Waals surface area contributed by atoms with Crippen LogP contribution in [0, 0.1) is 0 Å². The van der Waals surface area contributed by atoms with Gasteiger partial charge in [0.2, 0.25) is 5.91 Å². The Balaban J connectivity index is 2.56. The molecule has 0 fully saturated rings. The van der Waals surface area contributed by atoms with Gasteiger partial charge in [-0.15, -0.1) is 0 Å². The van der Waals surface area contributed by atoms with Crippen LogP contribution in [-0.4, -0.2) is 26.7 Å². The Morgan fingerprint density at radius 2 is 1.95 bits per heavy atom. The molecule has 0 saturated carbocycles. The van der Waals surface area contributed by atoms with Crippen molar-refractivity contribution in [3.63, 3.8) is 0 Å². The van der Waals surface area contributed by atoms with E-state index in [4.69, 9.17) is 15.2 Å². The second-order valence-electron chi connectivity index (χ2n) is 4.05. The topological polar surface area (TPSA) is 73.6 Å². The van der Waals surface area contributed by atoms with Crippen LogP contribution in [0.25, 0.3) is 0 Å². The van der Waals surface area contributed by atoms with Gasteiger partial charge >= 0.3 is 0 Å². The van der Waals surface area contributed by atoms with Crippen molar-refractivity contribution in [3.05, 3.63) is 22.2 Å². The largest absolute Gasteiger partial charge is 0.493 e. The maximum atomic E-state index is 10.6. The molecule has 1 aromatic rings. The van der Waals surface area contributed by atoms with E-state index in [0.29, 0.717) is 24.5 Å². The van der Waals surface area contributed by atoms with Gasteiger partial charge in [-0.2, -0.15) is 0 Å². The first-order valence-corrected chi connectivity index (χ1v) is 6.77. The molecule has 1 aromatic carbocycles. The van der Waals surface area contributed by atoms with E-state index in [1.807, 2.05) is 12.1 Å². The van der Waals surface area contributed by atoms with Crippen molar-refractivity contribution in [3.8, 4) is 11.5 Å². The number of carbonyl (C=O) groups excluding carboxylic acids is 1. The monoisotopic (exact) mass is 330 g/mol. The van der Waals surface area contributed by atoms with E-state index < -0.39 is 0 Å². The minimum absolute atomic E-state index is 0.269. The predicted octanol–water partition coefficient (Wildman–Crippen LogP) is 1.82. The highest BCUT2D eigenvalue weighted by Gasteiger charge is 2.09. The summed E-state index contributed by atoms with van der Waals surface area (Å²) in [6.07, 6.45) is 1.14. The molecule has 1 amide bonds. The number of carbonyl (C=O) groups is 1. The van der Waals surface area contributed by atoms with Crippen LogP contribution in [0.2, 0.25) is 0 Å². The fraction of sp³-hybridized carbons (Fsp3) is 0.462. The van der Waals surface area contributed by atoms with Gasteiger partial charge in [0.25, 0.3) is 0 Å². The molecule has 0 spiro atoms. The van der Waals surface area contributed by atoms with Gasteiger partial charge < -0.3 is 20.5 Å². The molecule has 0 atom stereocenters. The molecule has 0 radical (unpaired) electrons. The zero-order valence-electron chi connectivity index (χ0n) is 11.2. The molecule has 5 nitrogen and oxygen atoms in total. The first-order valence-electron chi connectivity index (χ1n) is 5.98. The number of nitrogens with two attached hydrogens (primary N) is 1. The number of primary amides is 1. The summed E-state index contributed by atoms with van der Waals surface area (Å²) in [5.41, 5.74) is 6.14. The van der Waals surface area contributed by atoms with E-state index in [-0.39, 0.29) is 5.91 Å². The highest BCUT2D eigenvalue weighted by molar-refractivity contribution is 9.10. The average Bonchev–Trinajstić information content (AvgIpc) is 2.39. The average molecular weight is 331 g/mol. The van der Waals surface area contributed by atoms with E-state index in [1.54, 1.807) is 14.2 Å². The Bertz CT molecular complexity index is 438. The number of halogens is 1. The molecule has 0 aromatic heterocycles. The summed E-state index contributed by atoms with van der Waals surface area (Å²) in [6, 6.07) is 3.79. The highest BCUT2D eigenvalue weighted by atomic mass is 79.9. The molecular formula is C13H19BrN2O3. The minimum atomic E-state index is -0.269. The number of hydrogen-bond acceptors (Lipinski definition) is 4. The van der Waals surface area contributed by atoms with E-state index in [1.165, 1.54) is 0 Å². The predicted molar refractivity (Wildman–Crippen MR) is 77.4 cm³/mol. The molecule has 1 rings (SSSR count). The molecule has 0 aliphatic rings. The number of hydrogen-bond donors (Lipinski definition) is 2. The van der Waals surface area contributed by atoms with Crippen LogP contribution in [0.5, 0.6) is 11.5 Å². The molecule has 0 aliphatic heterocycles. The number of ether oxygens (including phenoxy) is 2. The van der Waals surface area contributed by atoms with Crippen molar-refractivity contribution >= 4 is 21.8 Å². The van der Waals surface area contributed by atoms with Gasteiger partial charge in [-0.25, -0.2) is 0 Å². The lowest BCUT2D eigenvalue weighted by molar-refractivity contribution is -0.118. The number of amides is 1. The number of nitrogens with one attached hydrogen (secondary N) is 1. The van der Waals surface area contributed by atoms with Gasteiger partial charge in [-0.1, -0.05) is 15.9 Å². The Morgan fingerprint density at radius 1 is 1.32 bits per heavy atom. The van der Waals surface area contributed by atoms with Crippen LogP contribution < -0.4 is 20.5 Å². The lowest BCUT2D eigenvalue weighted by Crippen LogP contribution is -2.18. The summed E-state index contributed by atoms with van der Waals surface area (Å²) in [4.78, 5) is 10.6. The van der Waals surface area contributed by atoms with Crippen molar-refractivity contribution in [2.45, 2.75) is 19.4 Å². The molecule has 6 heteroatoms. The quantitative estimate of drug-likeness (QED) is 0.713. The van der Waals surface area contributed by atoms with Crippen molar-refractivity contribution in [1.82, 2.24) is 5.32 Å². The molecule has 0 aliphatic carbocycles. The highest BCUT2D eigenvalue weighted by Crippen LogP contribution is 2.33. The fourth-order valence-electron chi connectivity index (χ4n) is 1.64. The van der Waals surface area contributed by atoms with Crippen molar-refractivity contribution in [2.24, 2.45) is 5.73 Å². The second-order valence-corrected chi connectivity index (χ2v) is 4.90. The summed E-state index contributed by atoms with van der Waals surface area (Å²) < 4.78 is 11.4. The Labute approximate surface area is 121 Å². The second kappa shape index (κ2) is 8.01. The van der Waals surface area contributed by atoms with E-state index in [0.717, 1.165) is 23.0 Å². The maximum Gasteiger partial charge on any atom is 0.217 e. The first kappa shape index (κ1) is 15.8. The summed E-state index contributed by atoms with van der Waals surface area (Å²) in [5.74, 6) is 1.11. The van der Waals surface area contributed by atoms with Crippen LogP contribution in [0.15, 0.2) is 16.6 Å². The number of benzene rings is 1. The van der Waals surface area contributed by atoms with Gasteiger partial charge in [0, 0.05) is 17.4 Å². The summed E-state index contributed by atoms with van der Waals surface area (Å²) in [5, 5.41) is 3.25. The fourth-order valence-corrected chi connectivity index (χ4v) is 2.10.